The van der Waals surface area contributed by atoms with Crippen LogP contribution in [-0.2, 0) is 36.6 Å². The molecule has 9 nitrogen and oxygen atoms in total. The van der Waals surface area contributed by atoms with Gasteiger partial charge in [0.25, 0.3) is 0 Å². The lowest BCUT2D eigenvalue weighted by molar-refractivity contribution is -0.123. The summed E-state index contributed by atoms with van der Waals surface area (Å²) >= 11 is 0. The Kier molecular flexibility index (Phi) is 15.9. The van der Waals surface area contributed by atoms with Gasteiger partial charge in [-0.05, 0) is 36.8 Å². The van der Waals surface area contributed by atoms with E-state index in [0.29, 0.717) is 78.4 Å². The summed E-state index contributed by atoms with van der Waals surface area (Å²) < 4.78 is 16.5. The molecule has 37 heavy (non-hydrogen) atoms. The van der Waals surface area contributed by atoms with Crippen molar-refractivity contribution in [2.75, 3.05) is 52.7 Å². The average molecular weight is 515 g/mol. The van der Waals surface area contributed by atoms with E-state index in [1.165, 1.54) is 0 Å². The zero-order chi connectivity index (χ0) is 26.6. The van der Waals surface area contributed by atoms with Crippen molar-refractivity contribution in [1.82, 2.24) is 10.6 Å². The molecule has 0 unspecified atom stereocenters. The fourth-order valence-electron chi connectivity index (χ4n) is 3.50. The Labute approximate surface area is 220 Å². The van der Waals surface area contributed by atoms with Crippen LogP contribution in [0, 0.1) is 0 Å². The van der Waals surface area contributed by atoms with E-state index in [-0.39, 0.29) is 11.8 Å². The molecule has 0 saturated heterocycles. The molecule has 0 aliphatic heterocycles. The van der Waals surface area contributed by atoms with E-state index in [4.69, 9.17) is 25.7 Å². The fraction of sp³-hybridized carbons (Fsp3) is 0.500. The molecule has 0 spiro atoms. The van der Waals surface area contributed by atoms with Gasteiger partial charge in [0.05, 0.1) is 38.5 Å². The largest absolute Gasteiger partial charge is 0.379 e. The number of benzene rings is 2. The summed E-state index contributed by atoms with van der Waals surface area (Å²) in [6.07, 6.45) is 2.45. The minimum Gasteiger partial charge on any atom is -0.379 e. The predicted octanol–water partition coefficient (Wildman–Crippen LogP) is 1.19. The smallest absolute Gasteiger partial charge is 0.237 e. The van der Waals surface area contributed by atoms with Crippen molar-refractivity contribution in [2.45, 2.75) is 37.8 Å². The Morgan fingerprint density at radius 3 is 1.32 bits per heavy atom. The predicted molar refractivity (Wildman–Crippen MR) is 144 cm³/mol. The van der Waals surface area contributed by atoms with Crippen LogP contribution in [0.2, 0.25) is 0 Å². The molecule has 0 heterocycles. The van der Waals surface area contributed by atoms with E-state index < -0.39 is 12.1 Å². The number of hydrogen-bond donors (Lipinski definition) is 4. The van der Waals surface area contributed by atoms with Crippen molar-refractivity contribution < 1.29 is 23.8 Å². The number of hydrogen-bond acceptors (Lipinski definition) is 7. The zero-order valence-corrected chi connectivity index (χ0v) is 21.6. The van der Waals surface area contributed by atoms with E-state index in [1.807, 2.05) is 60.7 Å². The number of rotatable bonds is 20. The van der Waals surface area contributed by atoms with E-state index in [1.54, 1.807) is 0 Å². The third-order valence-electron chi connectivity index (χ3n) is 5.54. The molecule has 2 amide bonds. The van der Waals surface area contributed by atoms with Gasteiger partial charge in [-0.3, -0.25) is 9.59 Å². The van der Waals surface area contributed by atoms with Gasteiger partial charge in [0.1, 0.15) is 0 Å². The van der Waals surface area contributed by atoms with Crippen LogP contribution in [0.3, 0.4) is 0 Å². The van der Waals surface area contributed by atoms with Crippen LogP contribution in [0.5, 0.6) is 0 Å². The first-order valence-corrected chi connectivity index (χ1v) is 12.9. The summed E-state index contributed by atoms with van der Waals surface area (Å²) in [5.74, 6) is -0.303. The van der Waals surface area contributed by atoms with Gasteiger partial charge in [0.15, 0.2) is 0 Å². The molecule has 204 valence electrons. The Morgan fingerprint density at radius 2 is 0.946 bits per heavy atom. The second-order valence-corrected chi connectivity index (χ2v) is 8.72. The van der Waals surface area contributed by atoms with Crippen molar-refractivity contribution in [3.63, 3.8) is 0 Å². The summed E-state index contributed by atoms with van der Waals surface area (Å²) in [4.78, 5) is 24.1. The van der Waals surface area contributed by atoms with Crippen molar-refractivity contribution in [3.05, 3.63) is 71.8 Å². The number of ether oxygens (including phenoxy) is 3. The zero-order valence-electron chi connectivity index (χ0n) is 21.6. The topological polar surface area (TPSA) is 138 Å². The molecule has 0 aliphatic carbocycles. The van der Waals surface area contributed by atoms with Crippen LogP contribution in [0.1, 0.15) is 24.0 Å². The number of nitrogens with two attached hydrogens (primary N) is 2. The lowest BCUT2D eigenvalue weighted by atomic mass is 10.1. The van der Waals surface area contributed by atoms with Gasteiger partial charge in [-0.2, -0.15) is 0 Å². The molecule has 2 rings (SSSR count). The average Bonchev–Trinajstić information content (AvgIpc) is 2.91. The first-order valence-electron chi connectivity index (χ1n) is 12.9. The van der Waals surface area contributed by atoms with Crippen LogP contribution >= 0.6 is 0 Å². The van der Waals surface area contributed by atoms with Gasteiger partial charge < -0.3 is 36.3 Å². The van der Waals surface area contributed by atoms with E-state index in [2.05, 4.69) is 10.6 Å². The normalized spacial score (nSPS) is 12.6. The minimum atomic E-state index is -0.555. The van der Waals surface area contributed by atoms with Crippen LogP contribution in [0.4, 0.5) is 0 Å². The van der Waals surface area contributed by atoms with Gasteiger partial charge in [-0.25, -0.2) is 0 Å². The number of carbonyl (C=O) groups is 2. The monoisotopic (exact) mass is 514 g/mol. The standard InChI is InChI=1S/C28H42N4O5/c29-25(21-23-9-3-1-4-10-23)27(33)31-13-7-15-35-17-19-37-20-18-36-16-8-14-32-28(34)26(30)22-24-11-5-2-6-12-24/h1-6,9-12,25-26H,7-8,13-22,29-30H2,(H,31,33)(H,32,34)/t25-,26-/m0/s1. The van der Waals surface area contributed by atoms with Crippen molar-refractivity contribution in [3.8, 4) is 0 Å². The molecule has 0 fully saturated rings. The number of nitrogens with one attached hydrogen (secondary N) is 2. The second-order valence-electron chi connectivity index (χ2n) is 8.72. The first kappa shape index (κ1) is 30.4. The molecule has 0 aromatic heterocycles. The maximum absolute atomic E-state index is 12.1. The van der Waals surface area contributed by atoms with Gasteiger partial charge in [0.2, 0.25) is 11.8 Å². The molecule has 0 bridgehead atoms. The number of amides is 2. The van der Waals surface area contributed by atoms with Crippen molar-refractivity contribution >= 4 is 11.8 Å². The maximum atomic E-state index is 12.1. The molecule has 0 aliphatic rings. The second kappa shape index (κ2) is 19.3. The molecule has 2 aromatic rings. The summed E-state index contributed by atoms with van der Waals surface area (Å²) in [7, 11) is 0. The molecule has 0 radical (unpaired) electrons. The Morgan fingerprint density at radius 1 is 0.595 bits per heavy atom. The minimum absolute atomic E-state index is 0.152. The van der Waals surface area contributed by atoms with Crippen LogP contribution < -0.4 is 22.1 Å². The highest BCUT2D eigenvalue weighted by molar-refractivity contribution is 5.82. The van der Waals surface area contributed by atoms with Crippen molar-refractivity contribution in [1.29, 1.82) is 0 Å². The number of carbonyl (C=O) groups excluding carboxylic acids is 2. The van der Waals surface area contributed by atoms with E-state index >= 15 is 0 Å². The summed E-state index contributed by atoms with van der Waals surface area (Å²) in [6, 6.07) is 18.3. The quantitative estimate of drug-likeness (QED) is 0.195. The highest BCUT2D eigenvalue weighted by atomic mass is 16.5. The molecule has 2 atom stereocenters. The molecule has 9 heteroatoms. The summed E-state index contributed by atoms with van der Waals surface area (Å²) in [5, 5.41) is 5.69. The van der Waals surface area contributed by atoms with Gasteiger partial charge in [-0.1, -0.05) is 60.7 Å². The summed E-state index contributed by atoms with van der Waals surface area (Å²) in [6.45, 7) is 4.04. The van der Waals surface area contributed by atoms with Crippen LogP contribution in [0.25, 0.3) is 0 Å². The summed E-state index contributed by atoms with van der Waals surface area (Å²) in [5.41, 5.74) is 14.0. The van der Waals surface area contributed by atoms with Crippen LogP contribution in [-0.4, -0.2) is 76.6 Å². The first-order chi connectivity index (χ1) is 18.1. The van der Waals surface area contributed by atoms with Crippen molar-refractivity contribution in [2.24, 2.45) is 11.5 Å². The third-order valence-corrected chi connectivity index (χ3v) is 5.54. The van der Waals surface area contributed by atoms with E-state index in [9.17, 15) is 9.59 Å². The third kappa shape index (κ3) is 14.5. The molecule has 0 saturated carbocycles. The molecule has 2 aromatic carbocycles. The molecular weight excluding hydrogens is 472 g/mol. The van der Waals surface area contributed by atoms with Gasteiger partial charge in [0, 0.05) is 26.3 Å². The maximum Gasteiger partial charge on any atom is 0.237 e. The Balaban J connectivity index is 1.32. The fourth-order valence-corrected chi connectivity index (χ4v) is 3.50. The highest BCUT2D eigenvalue weighted by Crippen LogP contribution is 2.03. The van der Waals surface area contributed by atoms with Gasteiger partial charge in [-0.15, -0.1) is 0 Å². The van der Waals surface area contributed by atoms with E-state index in [0.717, 1.165) is 11.1 Å². The Hall–Kier alpha value is -2.82. The van der Waals surface area contributed by atoms with Gasteiger partial charge >= 0.3 is 0 Å². The molecular formula is C28H42N4O5. The SMILES string of the molecule is N[C@@H](Cc1ccccc1)C(=O)NCCCOCCOCCOCCCNC(=O)[C@@H](N)Cc1ccccc1. The highest BCUT2D eigenvalue weighted by Gasteiger charge is 2.14. The Bertz CT molecular complexity index is 798. The lowest BCUT2D eigenvalue weighted by Gasteiger charge is -2.12. The molecule has 6 N–H and O–H groups in total. The lowest BCUT2D eigenvalue weighted by Crippen LogP contribution is -2.42. The van der Waals surface area contributed by atoms with Crippen LogP contribution in [0.15, 0.2) is 60.7 Å².